The molecule has 0 aliphatic rings. The van der Waals surface area contributed by atoms with E-state index in [9.17, 15) is 9.59 Å². The third-order valence-electron chi connectivity index (χ3n) is 3.82. The minimum atomic E-state index is -0.232. The molecule has 128 valence electrons. The molecule has 2 heterocycles. The summed E-state index contributed by atoms with van der Waals surface area (Å²) in [6, 6.07) is 12.4. The molecular formula is C18H19N5O2. The number of fused-ring (bicyclic) bond motifs is 1. The number of pyridine rings is 1. The number of aromatic nitrogens is 3. The summed E-state index contributed by atoms with van der Waals surface area (Å²) in [5.74, 6) is 0.457. The lowest BCUT2D eigenvalue weighted by Crippen LogP contribution is -2.39. The van der Waals surface area contributed by atoms with Crippen LogP contribution in [0.5, 0.6) is 0 Å². The van der Waals surface area contributed by atoms with Gasteiger partial charge in [-0.3, -0.25) is 9.78 Å². The lowest BCUT2D eigenvalue weighted by Gasteiger charge is -2.20. The van der Waals surface area contributed by atoms with Gasteiger partial charge in [0.2, 0.25) is 0 Å². The number of rotatable bonds is 5. The number of urea groups is 1. The lowest BCUT2D eigenvalue weighted by molar-refractivity contribution is 0.196. The molecule has 0 saturated heterocycles. The monoisotopic (exact) mass is 337 g/mol. The van der Waals surface area contributed by atoms with Crippen molar-refractivity contribution in [2.75, 3.05) is 6.54 Å². The first-order chi connectivity index (χ1) is 12.2. The fraction of sp³-hybridized carbons (Fsp3) is 0.222. The Kier molecular flexibility index (Phi) is 5.03. The molecule has 2 N–H and O–H groups in total. The maximum atomic E-state index is 12.4. The van der Waals surface area contributed by atoms with Crippen molar-refractivity contribution in [1.29, 1.82) is 0 Å². The quantitative estimate of drug-likeness (QED) is 0.745. The van der Waals surface area contributed by atoms with Crippen molar-refractivity contribution < 1.29 is 4.79 Å². The topological polar surface area (TPSA) is 91.0 Å². The highest BCUT2D eigenvalue weighted by atomic mass is 16.2. The number of para-hydroxylation sites is 1. The molecule has 25 heavy (non-hydrogen) atoms. The number of aromatic amines is 1. The molecule has 0 saturated carbocycles. The van der Waals surface area contributed by atoms with Gasteiger partial charge >= 0.3 is 6.03 Å². The minimum Gasteiger partial charge on any atom is -0.332 e. The SMILES string of the molecule is CCN(Cc1nc2ccccc2c(=O)[nH]1)C(=O)NCc1ccccn1. The van der Waals surface area contributed by atoms with Gasteiger partial charge in [0.05, 0.1) is 29.7 Å². The van der Waals surface area contributed by atoms with E-state index in [2.05, 4.69) is 20.3 Å². The molecule has 2 amide bonds. The number of carbonyl (C=O) groups excluding carboxylic acids is 1. The van der Waals surface area contributed by atoms with Crippen LogP contribution in [0.4, 0.5) is 4.79 Å². The maximum absolute atomic E-state index is 12.4. The molecule has 0 spiro atoms. The number of nitrogens with zero attached hydrogens (tertiary/aromatic N) is 3. The van der Waals surface area contributed by atoms with Crippen LogP contribution >= 0.6 is 0 Å². The van der Waals surface area contributed by atoms with Gasteiger partial charge in [-0.25, -0.2) is 9.78 Å². The van der Waals surface area contributed by atoms with E-state index in [1.807, 2.05) is 31.2 Å². The number of carbonyl (C=O) groups is 1. The smallest absolute Gasteiger partial charge is 0.318 e. The molecule has 7 nitrogen and oxygen atoms in total. The summed E-state index contributed by atoms with van der Waals surface area (Å²) in [5.41, 5.74) is 1.20. The van der Waals surface area contributed by atoms with Gasteiger partial charge in [-0.2, -0.15) is 0 Å². The van der Waals surface area contributed by atoms with Crippen LogP contribution in [0.3, 0.4) is 0 Å². The van der Waals surface area contributed by atoms with Crippen molar-refractivity contribution in [3.63, 3.8) is 0 Å². The summed E-state index contributed by atoms with van der Waals surface area (Å²) in [7, 11) is 0. The molecule has 0 aliphatic heterocycles. The van der Waals surface area contributed by atoms with Crippen LogP contribution in [-0.4, -0.2) is 32.4 Å². The Morgan fingerprint density at radius 2 is 2.00 bits per heavy atom. The van der Waals surface area contributed by atoms with E-state index in [-0.39, 0.29) is 18.1 Å². The van der Waals surface area contributed by atoms with E-state index < -0.39 is 0 Å². The molecular weight excluding hydrogens is 318 g/mol. The molecule has 0 bridgehead atoms. The van der Waals surface area contributed by atoms with Crippen LogP contribution in [0.15, 0.2) is 53.5 Å². The number of amides is 2. The highest BCUT2D eigenvalue weighted by Gasteiger charge is 2.14. The molecule has 0 aliphatic carbocycles. The average molecular weight is 337 g/mol. The van der Waals surface area contributed by atoms with Crippen LogP contribution in [0.25, 0.3) is 10.9 Å². The Bertz CT molecular complexity index is 923. The highest BCUT2D eigenvalue weighted by molar-refractivity contribution is 5.77. The zero-order valence-electron chi connectivity index (χ0n) is 13.9. The van der Waals surface area contributed by atoms with Gasteiger partial charge in [0, 0.05) is 12.7 Å². The molecule has 7 heteroatoms. The fourth-order valence-corrected chi connectivity index (χ4v) is 2.50. The van der Waals surface area contributed by atoms with Crippen LogP contribution < -0.4 is 10.9 Å². The normalized spacial score (nSPS) is 10.6. The predicted octanol–water partition coefficient (Wildman–Crippen LogP) is 2.05. The van der Waals surface area contributed by atoms with Gasteiger partial charge in [0.25, 0.3) is 5.56 Å². The molecule has 0 unspecified atom stereocenters. The van der Waals surface area contributed by atoms with Crippen LogP contribution in [0.2, 0.25) is 0 Å². The van der Waals surface area contributed by atoms with Crippen LogP contribution in [0, 0.1) is 0 Å². The number of hydrogen-bond acceptors (Lipinski definition) is 4. The van der Waals surface area contributed by atoms with Gasteiger partial charge in [-0.1, -0.05) is 18.2 Å². The molecule has 0 atom stereocenters. The maximum Gasteiger partial charge on any atom is 0.318 e. The molecule has 3 aromatic rings. The molecule has 0 radical (unpaired) electrons. The van der Waals surface area contributed by atoms with Crippen molar-refractivity contribution >= 4 is 16.9 Å². The van der Waals surface area contributed by atoms with Crippen molar-refractivity contribution in [3.05, 3.63) is 70.5 Å². The van der Waals surface area contributed by atoms with Crippen molar-refractivity contribution in [2.24, 2.45) is 0 Å². The standard InChI is InChI=1S/C18H19N5O2/c1-2-23(18(25)20-11-13-7-5-6-10-19-13)12-16-21-15-9-4-3-8-14(15)17(24)22-16/h3-10H,2,11-12H2,1H3,(H,20,25)(H,21,22,24). The third kappa shape index (κ3) is 4.00. The molecule has 1 aromatic carbocycles. The second-order valence-electron chi connectivity index (χ2n) is 5.52. The third-order valence-corrected chi connectivity index (χ3v) is 3.82. The number of H-pyrrole nitrogens is 1. The first-order valence-corrected chi connectivity index (χ1v) is 8.08. The Morgan fingerprint density at radius 3 is 2.76 bits per heavy atom. The summed E-state index contributed by atoms with van der Waals surface area (Å²) in [6.45, 7) is 2.94. The van der Waals surface area contributed by atoms with Crippen LogP contribution in [0.1, 0.15) is 18.4 Å². The van der Waals surface area contributed by atoms with E-state index >= 15 is 0 Å². The van der Waals surface area contributed by atoms with E-state index in [0.717, 1.165) is 5.69 Å². The average Bonchev–Trinajstić information content (AvgIpc) is 2.65. The first kappa shape index (κ1) is 16.6. The lowest BCUT2D eigenvalue weighted by atomic mass is 10.2. The van der Waals surface area contributed by atoms with Gasteiger partial charge in [-0.15, -0.1) is 0 Å². The van der Waals surface area contributed by atoms with Gasteiger partial charge in [0.15, 0.2) is 0 Å². The van der Waals surface area contributed by atoms with E-state index in [1.54, 1.807) is 29.3 Å². The molecule has 2 aromatic heterocycles. The van der Waals surface area contributed by atoms with E-state index in [1.165, 1.54) is 0 Å². The van der Waals surface area contributed by atoms with E-state index in [0.29, 0.717) is 29.8 Å². The Labute approximate surface area is 144 Å². The molecule has 3 rings (SSSR count). The Morgan fingerprint density at radius 1 is 1.20 bits per heavy atom. The summed E-state index contributed by atoms with van der Waals surface area (Å²) < 4.78 is 0. The van der Waals surface area contributed by atoms with E-state index in [4.69, 9.17) is 0 Å². The summed E-state index contributed by atoms with van der Waals surface area (Å²) in [6.07, 6.45) is 1.68. The number of hydrogen-bond donors (Lipinski definition) is 2. The summed E-state index contributed by atoms with van der Waals surface area (Å²) in [4.78, 5) is 37.4. The zero-order chi connectivity index (χ0) is 17.6. The number of nitrogens with one attached hydrogen (secondary N) is 2. The number of benzene rings is 1. The summed E-state index contributed by atoms with van der Waals surface area (Å²) >= 11 is 0. The van der Waals surface area contributed by atoms with Gasteiger partial charge < -0.3 is 15.2 Å². The highest BCUT2D eigenvalue weighted by Crippen LogP contribution is 2.07. The summed E-state index contributed by atoms with van der Waals surface area (Å²) in [5, 5.41) is 3.36. The van der Waals surface area contributed by atoms with Crippen molar-refractivity contribution in [3.8, 4) is 0 Å². The van der Waals surface area contributed by atoms with Gasteiger partial charge in [0.1, 0.15) is 5.82 Å². The van der Waals surface area contributed by atoms with Crippen molar-refractivity contribution in [2.45, 2.75) is 20.0 Å². The zero-order valence-corrected chi connectivity index (χ0v) is 13.9. The second-order valence-corrected chi connectivity index (χ2v) is 5.52. The fourth-order valence-electron chi connectivity index (χ4n) is 2.50. The second kappa shape index (κ2) is 7.57. The Balaban J connectivity index is 1.71. The minimum absolute atomic E-state index is 0.203. The van der Waals surface area contributed by atoms with Gasteiger partial charge in [-0.05, 0) is 31.2 Å². The first-order valence-electron chi connectivity index (χ1n) is 8.08. The molecule has 0 fully saturated rings. The van der Waals surface area contributed by atoms with Crippen molar-refractivity contribution in [1.82, 2.24) is 25.2 Å². The largest absolute Gasteiger partial charge is 0.332 e. The Hall–Kier alpha value is -3.22. The van der Waals surface area contributed by atoms with Crippen LogP contribution in [-0.2, 0) is 13.1 Å². The predicted molar refractivity (Wildman–Crippen MR) is 94.9 cm³/mol.